The number of fused-ring (bicyclic) bond motifs is 1. The first-order valence-electron chi connectivity index (χ1n) is 8.22. The van der Waals surface area contributed by atoms with Crippen molar-refractivity contribution in [2.45, 2.75) is 57.9 Å². The summed E-state index contributed by atoms with van der Waals surface area (Å²) in [5.41, 5.74) is 6.14. The zero-order chi connectivity index (χ0) is 14.6. The first kappa shape index (κ1) is 13.3. The summed E-state index contributed by atoms with van der Waals surface area (Å²) in [7, 11) is 2.22. The van der Waals surface area contributed by atoms with Crippen LogP contribution in [0.2, 0.25) is 0 Å². The van der Waals surface area contributed by atoms with Crippen LogP contribution in [-0.2, 0) is 0 Å². The van der Waals surface area contributed by atoms with Gasteiger partial charge in [0.05, 0.1) is 17.4 Å². The summed E-state index contributed by atoms with van der Waals surface area (Å²) in [5, 5.41) is 4.96. The van der Waals surface area contributed by atoms with Gasteiger partial charge in [0.25, 0.3) is 0 Å². The molecule has 3 heterocycles. The third-order valence-electron chi connectivity index (χ3n) is 5.22. The summed E-state index contributed by atoms with van der Waals surface area (Å²) in [6.45, 7) is 5.50. The van der Waals surface area contributed by atoms with Crippen LogP contribution >= 0.6 is 0 Å². The Bertz CT molecular complexity index is 684. The number of likely N-dealkylation sites (tertiary alicyclic amines) is 1. The first-order valence-corrected chi connectivity index (χ1v) is 8.22. The van der Waals surface area contributed by atoms with E-state index in [2.05, 4.69) is 36.4 Å². The molecule has 0 bridgehead atoms. The zero-order valence-electron chi connectivity index (χ0n) is 13.3. The number of hydrogen-bond donors (Lipinski definition) is 0. The molecule has 1 aliphatic carbocycles. The van der Waals surface area contributed by atoms with Gasteiger partial charge < -0.3 is 0 Å². The minimum atomic E-state index is 0.466. The molecule has 2 aliphatic rings. The molecule has 21 heavy (non-hydrogen) atoms. The molecule has 0 aromatic carbocycles. The summed E-state index contributed by atoms with van der Waals surface area (Å²) < 4.78 is 2.14. The SMILES string of the molecule is Cc1nc2cc(C3CCCCN3C)nn2c(C2CC2)c1C. The number of hydrogen-bond acceptors (Lipinski definition) is 3. The predicted molar refractivity (Wildman–Crippen MR) is 83.7 cm³/mol. The van der Waals surface area contributed by atoms with Crippen LogP contribution in [0, 0.1) is 13.8 Å². The number of rotatable bonds is 2. The highest BCUT2D eigenvalue weighted by molar-refractivity contribution is 5.46. The molecule has 4 rings (SSSR count). The molecule has 1 atom stereocenters. The van der Waals surface area contributed by atoms with Gasteiger partial charge in [-0.1, -0.05) is 6.42 Å². The molecule has 2 aromatic rings. The lowest BCUT2D eigenvalue weighted by molar-refractivity contribution is 0.183. The molecule has 1 unspecified atom stereocenters. The highest BCUT2D eigenvalue weighted by atomic mass is 15.3. The van der Waals surface area contributed by atoms with Gasteiger partial charge in [0.2, 0.25) is 0 Å². The summed E-state index contributed by atoms with van der Waals surface area (Å²) >= 11 is 0. The fourth-order valence-corrected chi connectivity index (χ4v) is 3.69. The maximum atomic E-state index is 4.96. The molecule has 1 aliphatic heterocycles. The smallest absolute Gasteiger partial charge is 0.155 e. The van der Waals surface area contributed by atoms with Crippen molar-refractivity contribution in [3.63, 3.8) is 0 Å². The maximum Gasteiger partial charge on any atom is 0.155 e. The molecule has 2 aromatic heterocycles. The number of nitrogens with zero attached hydrogens (tertiary/aromatic N) is 4. The monoisotopic (exact) mass is 284 g/mol. The second kappa shape index (κ2) is 4.80. The van der Waals surface area contributed by atoms with Crippen molar-refractivity contribution in [2.24, 2.45) is 0 Å². The van der Waals surface area contributed by atoms with Gasteiger partial charge in [-0.15, -0.1) is 0 Å². The quantitative estimate of drug-likeness (QED) is 0.847. The average Bonchev–Trinajstić information content (AvgIpc) is 3.21. The normalized spacial score (nSPS) is 23.9. The van der Waals surface area contributed by atoms with E-state index in [9.17, 15) is 0 Å². The second-order valence-electron chi connectivity index (χ2n) is 6.81. The fourth-order valence-electron chi connectivity index (χ4n) is 3.69. The Morgan fingerprint density at radius 2 is 1.95 bits per heavy atom. The highest BCUT2D eigenvalue weighted by Crippen LogP contribution is 2.42. The topological polar surface area (TPSA) is 33.4 Å². The molecule has 0 amide bonds. The molecule has 0 N–H and O–H groups in total. The van der Waals surface area contributed by atoms with E-state index in [1.54, 1.807) is 0 Å². The molecular formula is C17H24N4. The van der Waals surface area contributed by atoms with Gasteiger partial charge >= 0.3 is 0 Å². The molecule has 4 heteroatoms. The van der Waals surface area contributed by atoms with Crippen LogP contribution < -0.4 is 0 Å². The van der Waals surface area contributed by atoms with Crippen molar-refractivity contribution in [3.8, 4) is 0 Å². The van der Waals surface area contributed by atoms with E-state index in [0.29, 0.717) is 12.0 Å². The van der Waals surface area contributed by atoms with Crippen LogP contribution in [0.25, 0.3) is 5.65 Å². The number of aromatic nitrogens is 3. The molecule has 2 fully saturated rings. The van der Waals surface area contributed by atoms with Gasteiger partial charge in [-0.25, -0.2) is 9.50 Å². The van der Waals surface area contributed by atoms with E-state index in [-0.39, 0.29) is 0 Å². The number of aryl methyl sites for hydroxylation is 1. The third kappa shape index (κ3) is 2.16. The minimum absolute atomic E-state index is 0.466. The van der Waals surface area contributed by atoms with Crippen LogP contribution in [-0.4, -0.2) is 33.1 Å². The molecule has 0 radical (unpaired) electrons. The van der Waals surface area contributed by atoms with Crippen molar-refractivity contribution in [3.05, 3.63) is 28.7 Å². The molecule has 1 saturated heterocycles. The van der Waals surface area contributed by atoms with Gasteiger partial charge in [-0.3, -0.25) is 4.90 Å². The van der Waals surface area contributed by atoms with Crippen molar-refractivity contribution in [1.29, 1.82) is 0 Å². The third-order valence-corrected chi connectivity index (χ3v) is 5.22. The summed E-state index contributed by atoms with van der Waals surface area (Å²) in [4.78, 5) is 7.21. The van der Waals surface area contributed by atoms with E-state index in [0.717, 1.165) is 11.3 Å². The van der Waals surface area contributed by atoms with Gasteiger partial charge in [0.1, 0.15) is 0 Å². The summed E-state index contributed by atoms with van der Waals surface area (Å²) in [5.74, 6) is 0.700. The molecule has 1 saturated carbocycles. The Morgan fingerprint density at radius 1 is 1.14 bits per heavy atom. The van der Waals surface area contributed by atoms with Gasteiger partial charge in [-0.05, 0) is 58.7 Å². The van der Waals surface area contributed by atoms with E-state index in [4.69, 9.17) is 10.1 Å². The van der Waals surface area contributed by atoms with Gasteiger partial charge in [0.15, 0.2) is 5.65 Å². The van der Waals surface area contributed by atoms with Crippen LogP contribution in [0.5, 0.6) is 0 Å². The lowest BCUT2D eigenvalue weighted by Crippen LogP contribution is -2.29. The largest absolute Gasteiger partial charge is 0.298 e. The Labute approximate surface area is 126 Å². The van der Waals surface area contributed by atoms with E-state index in [1.807, 2.05) is 0 Å². The lowest BCUT2D eigenvalue weighted by atomic mass is 10.0. The molecule has 0 spiro atoms. The summed E-state index contributed by atoms with van der Waals surface area (Å²) in [6, 6.07) is 2.68. The first-order chi connectivity index (χ1) is 10.1. The van der Waals surface area contributed by atoms with Gasteiger partial charge in [0, 0.05) is 17.7 Å². The van der Waals surface area contributed by atoms with Crippen LogP contribution in [0.15, 0.2) is 6.07 Å². The number of piperidine rings is 1. The van der Waals surface area contributed by atoms with Crippen LogP contribution in [0.1, 0.15) is 66.7 Å². The molecule has 112 valence electrons. The predicted octanol–water partition coefficient (Wildman–Crippen LogP) is 3.38. The highest BCUT2D eigenvalue weighted by Gasteiger charge is 2.31. The average molecular weight is 284 g/mol. The zero-order valence-corrected chi connectivity index (χ0v) is 13.3. The van der Waals surface area contributed by atoms with Gasteiger partial charge in [-0.2, -0.15) is 5.10 Å². The molecule has 4 nitrogen and oxygen atoms in total. The lowest BCUT2D eigenvalue weighted by Gasteiger charge is -2.30. The summed E-state index contributed by atoms with van der Waals surface area (Å²) in [6.07, 6.45) is 6.45. The van der Waals surface area contributed by atoms with Crippen molar-refractivity contribution in [1.82, 2.24) is 19.5 Å². The van der Waals surface area contributed by atoms with Crippen molar-refractivity contribution >= 4 is 5.65 Å². The fraction of sp³-hybridized carbons (Fsp3) is 0.647. The van der Waals surface area contributed by atoms with Crippen molar-refractivity contribution in [2.75, 3.05) is 13.6 Å². The van der Waals surface area contributed by atoms with E-state index >= 15 is 0 Å². The Balaban J connectivity index is 1.84. The van der Waals surface area contributed by atoms with Crippen LogP contribution in [0.4, 0.5) is 0 Å². The van der Waals surface area contributed by atoms with E-state index in [1.165, 1.54) is 55.6 Å². The Hall–Kier alpha value is -1.42. The van der Waals surface area contributed by atoms with Crippen molar-refractivity contribution < 1.29 is 0 Å². The van der Waals surface area contributed by atoms with Crippen LogP contribution in [0.3, 0.4) is 0 Å². The maximum absolute atomic E-state index is 4.96. The Morgan fingerprint density at radius 3 is 2.67 bits per heavy atom. The standard InChI is InChI=1S/C17H24N4/c1-11-12(2)18-16-10-14(15-6-4-5-9-20(15)3)19-21(16)17(11)13-7-8-13/h10,13,15H,4-9H2,1-3H3. The minimum Gasteiger partial charge on any atom is -0.298 e. The molecular weight excluding hydrogens is 260 g/mol. The Kier molecular flexibility index (Phi) is 3.03. The second-order valence-corrected chi connectivity index (χ2v) is 6.81. The van der Waals surface area contributed by atoms with E-state index < -0.39 is 0 Å².